The van der Waals surface area contributed by atoms with E-state index in [-0.39, 0.29) is 6.54 Å². The molecule has 11 heavy (non-hydrogen) atoms. The second kappa shape index (κ2) is 4.05. The molecular formula is C5H7F3NO2. The summed E-state index contributed by atoms with van der Waals surface area (Å²) >= 11 is 0. The van der Waals surface area contributed by atoms with E-state index in [1.54, 1.807) is 0 Å². The lowest BCUT2D eigenvalue weighted by Crippen LogP contribution is -2.30. The standard InChI is InChI=1S/C5H7F3NO2/c1-2-9-4(10)11-5(7,8)3-6/h2-3H2,1H3. The molecule has 0 aliphatic heterocycles. The quantitative estimate of drug-likeness (QED) is 0.640. The molecule has 0 N–H and O–H groups in total. The van der Waals surface area contributed by atoms with Gasteiger partial charge in [0, 0.05) is 6.54 Å². The molecule has 0 fully saturated rings. The van der Waals surface area contributed by atoms with Crippen LogP contribution in [0.15, 0.2) is 0 Å². The van der Waals surface area contributed by atoms with E-state index < -0.39 is 18.9 Å². The van der Waals surface area contributed by atoms with Crippen LogP contribution in [0.3, 0.4) is 0 Å². The average Bonchev–Trinajstić information content (AvgIpc) is 1.87. The molecule has 1 amide bonds. The van der Waals surface area contributed by atoms with Crippen LogP contribution in [0.25, 0.3) is 0 Å². The summed E-state index contributed by atoms with van der Waals surface area (Å²) in [6, 6.07) is 0. The van der Waals surface area contributed by atoms with E-state index in [4.69, 9.17) is 0 Å². The predicted molar refractivity (Wildman–Crippen MR) is 30.1 cm³/mol. The second-order valence-corrected chi connectivity index (χ2v) is 1.61. The molecule has 0 rings (SSSR count). The molecule has 0 saturated carbocycles. The number of nitrogens with zero attached hydrogens (tertiary/aromatic N) is 1. The van der Waals surface area contributed by atoms with Gasteiger partial charge in [-0.2, -0.15) is 8.78 Å². The van der Waals surface area contributed by atoms with Gasteiger partial charge in [-0.1, -0.05) is 0 Å². The first-order valence-electron chi connectivity index (χ1n) is 2.86. The zero-order valence-electron chi connectivity index (χ0n) is 5.81. The largest absolute Gasteiger partial charge is 0.433 e. The van der Waals surface area contributed by atoms with Crippen LogP contribution in [-0.2, 0) is 4.74 Å². The summed E-state index contributed by atoms with van der Waals surface area (Å²) < 4.78 is 38.3. The lowest BCUT2D eigenvalue weighted by Gasteiger charge is -2.11. The summed E-state index contributed by atoms with van der Waals surface area (Å²) in [7, 11) is 0. The lowest BCUT2D eigenvalue weighted by molar-refractivity contribution is -0.207. The van der Waals surface area contributed by atoms with Gasteiger partial charge >= 0.3 is 12.2 Å². The van der Waals surface area contributed by atoms with Crippen molar-refractivity contribution in [1.82, 2.24) is 5.32 Å². The zero-order valence-corrected chi connectivity index (χ0v) is 5.81. The van der Waals surface area contributed by atoms with Crippen LogP contribution in [0.5, 0.6) is 0 Å². The Morgan fingerprint density at radius 1 is 1.64 bits per heavy atom. The summed E-state index contributed by atoms with van der Waals surface area (Å²) in [5, 5.41) is 2.95. The summed E-state index contributed by atoms with van der Waals surface area (Å²) in [5.41, 5.74) is 0. The van der Waals surface area contributed by atoms with Crippen LogP contribution in [0.2, 0.25) is 0 Å². The third kappa shape index (κ3) is 4.46. The fourth-order valence-electron chi connectivity index (χ4n) is 0.316. The minimum Gasteiger partial charge on any atom is -0.381 e. The first-order chi connectivity index (χ1) is 5.02. The fraction of sp³-hybridized carbons (Fsp3) is 0.800. The van der Waals surface area contributed by atoms with Crippen molar-refractivity contribution in [2.45, 2.75) is 13.0 Å². The average molecular weight is 170 g/mol. The Labute approximate surface area is 61.5 Å². The monoisotopic (exact) mass is 170 g/mol. The summed E-state index contributed by atoms with van der Waals surface area (Å²) in [4.78, 5) is 10.2. The van der Waals surface area contributed by atoms with Crippen LogP contribution in [0.1, 0.15) is 6.92 Å². The molecule has 0 aromatic rings. The van der Waals surface area contributed by atoms with Crippen LogP contribution < -0.4 is 5.32 Å². The van der Waals surface area contributed by atoms with Crippen LogP contribution >= 0.6 is 0 Å². The molecule has 0 aliphatic carbocycles. The highest BCUT2D eigenvalue weighted by Crippen LogP contribution is 2.15. The normalized spacial score (nSPS) is 10.9. The molecule has 0 aromatic heterocycles. The molecule has 3 nitrogen and oxygen atoms in total. The van der Waals surface area contributed by atoms with E-state index in [0.717, 1.165) is 0 Å². The van der Waals surface area contributed by atoms with Crippen LogP contribution in [-0.4, -0.2) is 25.4 Å². The number of rotatable bonds is 3. The molecule has 0 bridgehead atoms. The van der Waals surface area contributed by atoms with Gasteiger partial charge in [0.15, 0.2) is 6.67 Å². The number of amides is 1. The van der Waals surface area contributed by atoms with Crippen molar-refractivity contribution in [3.05, 3.63) is 0 Å². The predicted octanol–water partition coefficient (Wildman–Crippen LogP) is 1.31. The van der Waals surface area contributed by atoms with Crippen molar-refractivity contribution in [3.8, 4) is 0 Å². The van der Waals surface area contributed by atoms with Gasteiger partial charge in [-0.05, 0) is 6.92 Å². The molecule has 0 spiro atoms. The first-order valence-corrected chi connectivity index (χ1v) is 2.86. The van der Waals surface area contributed by atoms with E-state index in [9.17, 15) is 18.0 Å². The number of carbonyl (C=O) groups excluding carboxylic acids is 1. The highest BCUT2D eigenvalue weighted by Gasteiger charge is 2.34. The molecule has 0 aliphatic rings. The van der Waals surface area contributed by atoms with Crippen molar-refractivity contribution in [2.75, 3.05) is 13.2 Å². The number of halogens is 3. The molecule has 65 valence electrons. The molecule has 0 saturated heterocycles. The van der Waals surface area contributed by atoms with E-state index in [1.807, 2.05) is 0 Å². The van der Waals surface area contributed by atoms with Crippen molar-refractivity contribution in [3.63, 3.8) is 0 Å². The van der Waals surface area contributed by atoms with Gasteiger partial charge in [-0.25, -0.2) is 14.5 Å². The molecule has 6 heteroatoms. The van der Waals surface area contributed by atoms with Crippen molar-refractivity contribution in [1.29, 1.82) is 0 Å². The maximum atomic E-state index is 11.8. The summed E-state index contributed by atoms with van der Waals surface area (Å²) in [6.45, 7) is -0.534. The van der Waals surface area contributed by atoms with Gasteiger partial charge in [0.2, 0.25) is 0 Å². The van der Waals surface area contributed by atoms with Gasteiger partial charge in [-0.3, -0.25) is 0 Å². The van der Waals surface area contributed by atoms with Crippen LogP contribution in [0.4, 0.5) is 18.0 Å². The number of hydrogen-bond acceptors (Lipinski definition) is 2. The molecule has 1 radical (unpaired) electrons. The summed E-state index contributed by atoms with van der Waals surface area (Å²) in [6.07, 6.45) is -5.49. The SMILES string of the molecule is CC[N]C(=O)OC(F)(F)CF. The minimum atomic E-state index is -4.05. The Balaban J connectivity index is 3.74. The maximum absolute atomic E-state index is 11.8. The van der Waals surface area contributed by atoms with Gasteiger partial charge in [-0.15, -0.1) is 0 Å². The first kappa shape index (κ1) is 10.1. The Morgan fingerprint density at radius 3 is 2.55 bits per heavy atom. The van der Waals surface area contributed by atoms with Crippen molar-refractivity contribution >= 4 is 6.09 Å². The van der Waals surface area contributed by atoms with Crippen molar-refractivity contribution < 1.29 is 22.7 Å². The Morgan fingerprint density at radius 2 is 2.18 bits per heavy atom. The lowest BCUT2D eigenvalue weighted by atomic mass is 10.7. The highest BCUT2D eigenvalue weighted by molar-refractivity contribution is 5.66. The fourth-order valence-corrected chi connectivity index (χ4v) is 0.316. The Hall–Kier alpha value is -0.940. The number of hydrogen-bond donors (Lipinski definition) is 0. The second-order valence-electron chi connectivity index (χ2n) is 1.61. The smallest absolute Gasteiger partial charge is 0.381 e. The molecule has 0 atom stereocenters. The molecular weight excluding hydrogens is 163 g/mol. The Kier molecular flexibility index (Phi) is 3.70. The third-order valence-corrected chi connectivity index (χ3v) is 0.679. The number of carbonyl (C=O) groups is 1. The van der Waals surface area contributed by atoms with Gasteiger partial charge < -0.3 is 4.74 Å². The van der Waals surface area contributed by atoms with Gasteiger partial charge in [0.25, 0.3) is 0 Å². The van der Waals surface area contributed by atoms with Gasteiger partial charge in [0.1, 0.15) is 0 Å². The van der Waals surface area contributed by atoms with Crippen LogP contribution in [0, 0.1) is 0 Å². The third-order valence-electron chi connectivity index (χ3n) is 0.679. The molecule has 0 aromatic carbocycles. The van der Waals surface area contributed by atoms with Gasteiger partial charge in [0.05, 0.1) is 0 Å². The zero-order chi connectivity index (χ0) is 8.91. The summed E-state index contributed by atoms with van der Waals surface area (Å²) in [5.74, 6) is 0. The minimum absolute atomic E-state index is 0.0290. The van der Waals surface area contributed by atoms with E-state index in [0.29, 0.717) is 0 Å². The number of alkyl halides is 3. The Bertz CT molecular complexity index is 140. The molecule has 0 heterocycles. The van der Waals surface area contributed by atoms with Crippen molar-refractivity contribution in [2.24, 2.45) is 0 Å². The molecule has 0 unspecified atom stereocenters. The van der Waals surface area contributed by atoms with E-state index in [1.165, 1.54) is 6.92 Å². The highest BCUT2D eigenvalue weighted by atomic mass is 19.3. The van der Waals surface area contributed by atoms with E-state index >= 15 is 0 Å². The maximum Gasteiger partial charge on any atom is 0.433 e. The number of ether oxygens (including phenoxy) is 1. The topological polar surface area (TPSA) is 40.4 Å². The van der Waals surface area contributed by atoms with E-state index in [2.05, 4.69) is 10.1 Å².